The second-order valence-electron chi connectivity index (χ2n) is 24.1. The van der Waals surface area contributed by atoms with Gasteiger partial charge in [-0.1, -0.05) is 48.5 Å². The number of halogens is 6. The van der Waals surface area contributed by atoms with E-state index in [9.17, 15) is 47.4 Å². The highest BCUT2D eigenvalue weighted by atomic mass is 79.9. The van der Waals surface area contributed by atoms with Crippen molar-refractivity contribution < 1.29 is 61.7 Å². The zero-order valence-electron chi connectivity index (χ0n) is 55.6. The molecule has 0 bridgehead atoms. The van der Waals surface area contributed by atoms with Crippen molar-refractivity contribution in [2.24, 2.45) is 0 Å². The van der Waals surface area contributed by atoms with Gasteiger partial charge in [0.05, 0.1) is 34.3 Å². The number of benzene rings is 2. The predicted molar refractivity (Wildman–Crippen MR) is 403 cm³/mol. The van der Waals surface area contributed by atoms with Crippen molar-refractivity contribution in [1.82, 2.24) is 19.9 Å². The number of hydrogen-bond acceptors (Lipinski definition) is 19. The van der Waals surface area contributed by atoms with Gasteiger partial charge >= 0.3 is 23.9 Å². The lowest BCUT2D eigenvalue weighted by atomic mass is 10.0. The van der Waals surface area contributed by atoms with E-state index in [1.807, 2.05) is 88.7 Å². The van der Waals surface area contributed by atoms with Gasteiger partial charge in [0.15, 0.2) is 5.78 Å². The van der Waals surface area contributed by atoms with Crippen LogP contribution in [0.15, 0.2) is 156 Å². The first-order chi connectivity index (χ1) is 46.0. The normalized spacial score (nSPS) is 10.8. The maximum absolute atomic E-state index is 13.1. The van der Waals surface area contributed by atoms with Crippen LogP contribution in [0, 0.1) is 23.0 Å². The van der Waals surface area contributed by atoms with E-state index in [0.29, 0.717) is 103 Å². The molecule has 7 aromatic heterocycles. The number of carboxylic acids is 1. The number of pyridine rings is 4. The molecule has 27 heteroatoms. The Kier molecular flexibility index (Phi) is 33.4. The number of anilines is 1. The van der Waals surface area contributed by atoms with Crippen LogP contribution in [-0.4, -0.2) is 83.1 Å². The van der Waals surface area contributed by atoms with Gasteiger partial charge in [-0.2, -0.15) is 18.8 Å². The van der Waals surface area contributed by atoms with Gasteiger partial charge < -0.3 is 25.1 Å². The van der Waals surface area contributed by atoms with Gasteiger partial charge in [-0.05, 0) is 223 Å². The Morgan fingerprint density at radius 2 is 0.869 bits per heavy atom. The van der Waals surface area contributed by atoms with Crippen molar-refractivity contribution in [3.63, 3.8) is 0 Å². The molecule has 0 aliphatic carbocycles. The fraction of sp³-hybridized carbons (Fsp3) is 0.278. The van der Waals surface area contributed by atoms with E-state index in [4.69, 9.17) is 25.2 Å². The number of aryl methyl sites for hydroxylation is 2. The van der Waals surface area contributed by atoms with Gasteiger partial charge in [0, 0.05) is 75.2 Å². The maximum Gasteiger partial charge on any atom is 0.342 e. The first-order valence-electron chi connectivity index (χ1n) is 29.9. The number of nitrogens with two attached hydrogens (primary N) is 1. The molecule has 3 N–H and O–H groups in total. The van der Waals surface area contributed by atoms with Gasteiger partial charge in [0.25, 0.3) is 0 Å². The average molecular weight is 1680 g/mol. The quantitative estimate of drug-likeness (QED) is 0.0350. The summed E-state index contributed by atoms with van der Waals surface area (Å²) in [5, 5.41) is 23.5. The monoisotopic (exact) mass is 1680 g/mol. The average Bonchev–Trinajstić information content (AvgIpc) is 1.70. The number of nitriles is 1. The van der Waals surface area contributed by atoms with Crippen LogP contribution in [-0.2, 0) is 54.3 Å². The lowest BCUT2D eigenvalue weighted by molar-refractivity contribution is -0.153. The van der Waals surface area contributed by atoms with Crippen LogP contribution in [0.25, 0.3) is 33.8 Å². The van der Waals surface area contributed by atoms with E-state index in [-0.39, 0.29) is 73.7 Å². The topological polar surface area (TPSA) is 269 Å². The molecule has 2 aromatic carbocycles. The van der Waals surface area contributed by atoms with Crippen molar-refractivity contribution >= 4 is 157 Å². The number of aromatic carboxylic acids is 1. The third-order valence-corrected chi connectivity index (χ3v) is 17.1. The number of Topliss-reactive ketones (excluding diaryl/α,β-unsaturated/α-hetero) is 3. The van der Waals surface area contributed by atoms with Crippen LogP contribution in [0.1, 0.15) is 151 Å². The summed E-state index contributed by atoms with van der Waals surface area (Å²) < 4.78 is 44.5. The minimum atomic E-state index is -1.07. The molecule has 0 aliphatic rings. The second-order valence-corrected chi connectivity index (χ2v) is 30.2. The van der Waals surface area contributed by atoms with Crippen LogP contribution in [0.5, 0.6) is 0 Å². The number of carboxylic acid groups (broad SMARTS) is 1. The molecule has 17 nitrogen and oxygen atoms in total. The minimum absolute atomic E-state index is 0. The summed E-state index contributed by atoms with van der Waals surface area (Å²) in [7, 11) is 0. The minimum Gasteiger partial charge on any atom is -0.478 e. The molecular formula is C72H72Br4F2N6O11S4. The standard InChI is InChI=1S/C24H23BrFNO3S.C20H15BrFNO3S.C14H15BrN2O2S.C7H6BrNO.C7H11NO2.H2S/c1-24(2,3)30-23(29)22-18(19-5-4-6-21(25)27-19)14-31-20(22)13-17(28)12-9-15-7-10-16(26)11-8-15;21-18-3-1-2-16(23-18)15-11-27-17(19(15)20(25)26)10-14(24)9-6-12-4-7-13(22)8-5-12;1-14(2,3)19-13(18)11-8(7-20-12(11)16)9-5-4-6-10(15)17-9;1-5(10)6-3-2-4-7(8)9-6;1-7(2,3)10-6(9)4-5-8;/h4-8,10-11,14H,9,12-13H2,1-3H3;1-5,7-8,11H,6,9-10H2,(H,25,26);4-7H,16H2,1-3H3;2-4H,1H3;4H2,1-3H3;1H2. The fourth-order valence-corrected chi connectivity index (χ4v) is 12.7. The van der Waals surface area contributed by atoms with Crippen LogP contribution in [0.3, 0.4) is 0 Å². The molecule has 0 aliphatic heterocycles. The van der Waals surface area contributed by atoms with E-state index >= 15 is 0 Å². The summed E-state index contributed by atoms with van der Waals surface area (Å²) in [4.78, 5) is 102. The number of esters is 3. The number of thiophene rings is 3. The molecule has 0 saturated carbocycles. The Morgan fingerprint density at radius 1 is 0.515 bits per heavy atom. The molecule has 0 radical (unpaired) electrons. The van der Waals surface area contributed by atoms with Crippen molar-refractivity contribution in [2.45, 2.75) is 131 Å². The summed E-state index contributed by atoms with van der Waals surface area (Å²) in [6, 6.07) is 35.4. The molecule has 522 valence electrons. The van der Waals surface area contributed by atoms with Crippen LogP contribution in [0.2, 0.25) is 0 Å². The summed E-state index contributed by atoms with van der Waals surface area (Å²) >= 11 is 17.0. The largest absolute Gasteiger partial charge is 0.478 e. The number of aromatic nitrogens is 4. The zero-order chi connectivity index (χ0) is 72.7. The third-order valence-electron chi connectivity index (χ3n) is 12.6. The molecule has 0 atom stereocenters. The van der Waals surface area contributed by atoms with Crippen LogP contribution >= 0.6 is 111 Å². The lowest BCUT2D eigenvalue weighted by Crippen LogP contribution is -2.24. The molecule has 0 fully saturated rings. The van der Waals surface area contributed by atoms with Gasteiger partial charge in [0.1, 0.15) is 81.1 Å². The lowest BCUT2D eigenvalue weighted by Gasteiger charge is -2.20. The first kappa shape index (κ1) is 83.9. The number of hydrogen-bond donors (Lipinski definition) is 2. The molecule has 9 rings (SSSR count). The van der Waals surface area contributed by atoms with Crippen molar-refractivity contribution in [1.29, 1.82) is 5.26 Å². The van der Waals surface area contributed by atoms with Crippen molar-refractivity contribution in [2.75, 3.05) is 5.73 Å². The molecule has 0 unspecified atom stereocenters. The number of rotatable bonds is 18. The van der Waals surface area contributed by atoms with Crippen molar-refractivity contribution in [3.05, 3.63) is 211 Å². The van der Waals surface area contributed by atoms with Gasteiger partial charge in [-0.25, -0.2) is 43.1 Å². The maximum atomic E-state index is 13.1. The summed E-state index contributed by atoms with van der Waals surface area (Å²) in [5.41, 5.74) is 11.1. The van der Waals surface area contributed by atoms with Crippen LogP contribution < -0.4 is 5.73 Å². The number of ketones is 3. The number of nitrogen functional groups attached to an aromatic ring is 1. The van der Waals surface area contributed by atoms with Gasteiger partial charge in [0.2, 0.25) is 0 Å². The van der Waals surface area contributed by atoms with E-state index in [0.717, 1.165) is 11.1 Å². The Balaban J connectivity index is 0.000000279. The van der Waals surface area contributed by atoms with E-state index in [2.05, 4.69) is 83.7 Å². The predicted octanol–water partition coefficient (Wildman–Crippen LogP) is 19.1. The number of ether oxygens (including phenoxy) is 3. The molecule has 99 heavy (non-hydrogen) atoms. The fourth-order valence-electron chi connectivity index (χ4n) is 8.45. The first-order valence-corrected chi connectivity index (χ1v) is 35.7. The smallest absolute Gasteiger partial charge is 0.342 e. The highest BCUT2D eigenvalue weighted by molar-refractivity contribution is 9.11. The zero-order valence-corrected chi connectivity index (χ0v) is 65.4. The Bertz CT molecular complexity index is 4310. The summed E-state index contributed by atoms with van der Waals surface area (Å²) in [5.74, 6) is -3.11. The van der Waals surface area contributed by atoms with Gasteiger partial charge in [-0.3, -0.25) is 19.2 Å². The summed E-state index contributed by atoms with van der Waals surface area (Å²) in [6.07, 6.45) is 1.61. The molecule has 0 amide bonds. The van der Waals surface area contributed by atoms with Gasteiger partial charge in [-0.15, -0.1) is 34.0 Å². The van der Waals surface area contributed by atoms with E-state index < -0.39 is 40.7 Å². The molecule has 0 spiro atoms. The Morgan fingerprint density at radius 3 is 1.22 bits per heavy atom. The molecule has 0 saturated heterocycles. The third kappa shape index (κ3) is 29.3. The molecule has 7 heterocycles. The number of carbonyl (C=O) groups excluding carboxylic acids is 6. The van der Waals surface area contributed by atoms with E-state index in [1.165, 1.54) is 65.2 Å². The second kappa shape index (κ2) is 39.4. The Labute approximate surface area is 626 Å². The van der Waals surface area contributed by atoms with E-state index in [1.54, 1.807) is 92.9 Å². The van der Waals surface area contributed by atoms with Crippen LogP contribution in [0.4, 0.5) is 13.8 Å². The molecule has 9 aromatic rings. The highest BCUT2D eigenvalue weighted by Gasteiger charge is 2.29. The number of nitrogens with zero attached hydrogens (tertiary/aromatic N) is 5. The van der Waals surface area contributed by atoms with Crippen molar-refractivity contribution in [3.8, 4) is 39.8 Å². The molecular weight excluding hydrogens is 1610 g/mol. The summed E-state index contributed by atoms with van der Waals surface area (Å²) in [6.45, 7) is 17.7. The SMILES string of the molecule is CC(=O)c1cccc(Br)n1.CC(C)(C)OC(=O)CC#N.CC(C)(C)OC(=O)c1c(-c2cccc(Br)n2)csc1CC(=O)CCc1ccc(F)cc1.CC(C)(C)OC(=O)c1c(-c2cccc(Br)n2)csc1N.O=C(CCc1ccc(F)cc1)Cc1scc(-c2cccc(Br)n2)c1C(=O)O.S. The Hall–Kier alpha value is -7.55. The number of carbonyl (C=O) groups is 7. The highest BCUT2D eigenvalue weighted by Crippen LogP contribution is 2.37.